The highest BCUT2D eigenvalue weighted by molar-refractivity contribution is 6.40. The molecule has 0 radical (unpaired) electrons. The molecule has 0 spiro atoms. The van der Waals surface area contributed by atoms with Gasteiger partial charge in [-0.15, -0.1) is 0 Å². The SMILES string of the molecule is Cc1cc(C(=O)O)c2c(C(=O)O)cc(C)c3c4c(C)cc(C(=O)O)c5c(C(=O)O)cc(C)c(c1c23)c54. The lowest BCUT2D eigenvalue weighted by atomic mass is 9.79. The van der Waals surface area contributed by atoms with E-state index in [-0.39, 0.29) is 33.0 Å². The number of rotatable bonds is 4. The Labute approximate surface area is 203 Å². The van der Waals surface area contributed by atoms with E-state index in [0.717, 1.165) is 0 Å². The van der Waals surface area contributed by atoms with E-state index in [9.17, 15) is 39.6 Å². The predicted molar refractivity (Wildman–Crippen MR) is 134 cm³/mol. The van der Waals surface area contributed by atoms with E-state index >= 15 is 0 Å². The summed E-state index contributed by atoms with van der Waals surface area (Å²) in [5.41, 5.74) is 1.63. The van der Waals surface area contributed by atoms with Gasteiger partial charge >= 0.3 is 23.9 Å². The normalized spacial score (nSPS) is 11.7. The second-order valence-corrected chi connectivity index (χ2v) is 9.18. The van der Waals surface area contributed by atoms with Gasteiger partial charge in [0.25, 0.3) is 0 Å². The molecule has 0 aliphatic heterocycles. The maximum atomic E-state index is 12.2. The summed E-state index contributed by atoms with van der Waals surface area (Å²) in [4.78, 5) is 49.0. The van der Waals surface area contributed by atoms with Gasteiger partial charge in [-0.2, -0.15) is 0 Å². The van der Waals surface area contributed by atoms with Crippen LogP contribution in [0.3, 0.4) is 0 Å². The summed E-state index contributed by atoms with van der Waals surface area (Å²) in [6.45, 7) is 6.85. The molecule has 0 heterocycles. The third-order valence-corrected chi connectivity index (χ3v) is 7.02. The number of aryl methyl sites for hydroxylation is 4. The Kier molecular flexibility index (Phi) is 4.73. The van der Waals surface area contributed by atoms with Crippen LogP contribution in [0.2, 0.25) is 0 Å². The molecule has 0 bridgehead atoms. The topological polar surface area (TPSA) is 149 Å². The molecule has 0 atom stereocenters. The highest BCUT2D eigenvalue weighted by Gasteiger charge is 2.29. The summed E-state index contributed by atoms with van der Waals surface area (Å²) < 4.78 is 0. The number of hydrogen-bond donors (Lipinski definition) is 4. The minimum Gasteiger partial charge on any atom is -0.478 e. The molecule has 0 saturated carbocycles. The molecule has 5 rings (SSSR count). The molecule has 36 heavy (non-hydrogen) atoms. The van der Waals surface area contributed by atoms with E-state index in [1.165, 1.54) is 24.3 Å². The number of benzene rings is 5. The van der Waals surface area contributed by atoms with Crippen LogP contribution in [0.5, 0.6) is 0 Å². The Morgan fingerprint density at radius 2 is 0.583 bits per heavy atom. The number of hydrogen-bond acceptors (Lipinski definition) is 4. The van der Waals surface area contributed by atoms with Crippen molar-refractivity contribution in [2.75, 3.05) is 0 Å². The second kappa shape index (κ2) is 7.39. The molecule has 8 heteroatoms. The lowest BCUT2D eigenvalue weighted by Crippen LogP contribution is -2.10. The molecule has 5 aromatic carbocycles. The van der Waals surface area contributed by atoms with Crippen molar-refractivity contribution in [1.29, 1.82) is 0 Å². The summed E-state index contributed by atoms with van der Waals surface area (Å²) in [6.07, 6.45) is 0. The van der Waals surface area contributed by atoms with Gasteiger partial charge in [0.2, 0.25) is 0 Å². The third-order valence-electron chi connectivity index (χ3n) is 7.02. The molecule has 0 aliphatic carbocycles. The second-order valence-electron chi connectivity index (χ2n) is 9.18. The average molecular weight is 484 g/mol. The quantitative estimate of drug-likeness (QED) is 0.186. The van der Waals surface area contributed by atoms with E-state index in [1.54, 1.807) is 27.7 Å². The first-order valence-electron chi connectivity index (χ1n) is 11.0. The van der Waals surface area contributed by atoms with Gasteiger partial charge in [0.1, 0.15) is 0 Å². The van der Waals surface area contributed by atoms with Crippen LogP contribution >= 0.6 is 0 Å². The first-order valence-corrected chi connectivity index (χ1v) is 11.0. The maximum Gasteiger partial charge on any atom is 0.336 e. The molecule has 4 N–H and O–H groups in total. The van der Waals surface area contributed by atoms with Gasteiger partial charge in [-0.1, -0.05) is 0 Å². The average Bonchev–Trinajstić information content (AvgIpc) is 2.79. The number of carboxylic acids is 4. The van der Waals surface area contributed by atoms with Crippen LogP contribution in [-0.2, 0) is 0 Å². The minimum absolute atomic E-state index is 0.0819. The van der Waals surface area contributed by atoms with Gasteiger partial charge in [0, 0.05) is 10.8 Å². The molecular formula is C28H20O8. The van der Waals surface area contributed by atoms with Crippen LogP contribution in [-0.4, -0.2) is 44.3 Å². The number of aromatic carboxylic acids is 4. The first kappa shape index (κ1) is 23.0. The molecule has 5 aromatic rings. The van der Waals surface area contributed by atoms with Gasteiger partial charge in [-0.3, -0.25) is 0 Å². The smallest absolute Gasteiger partial charge is 0.336 e. The van der Waals surface area contributed by atoms with E-state index < -0.39 is 23.9 Å². The van der Waals surface area contributed by atoms with E-state index in [0.29, 0.717) is 54.6 Å². The molecule has 0 aliphatic rings. The first-order chi connectivity index (χ1) is 16.9. The monoisotopic (exact) mass is 484 g/mol. The van der Waals surface area contributed by atoms with Gasteiger partial charge < -0.3 is 20.4 Å². The molecule has 0 unspecified atom stereocenters. The fourth-order valence-electron chi connectivity index (χ4n) is 5.77. The Morgan fingerprint density at radius 3 is 0.750 bits per heavy atom. The lowest BCUT2D eigenvalue weighted by molar-refractivity contribution is 0.0681. The van der Waals surface area contributed by atoms with Crippen molar-refractivity contribution in [3.05, 3.63) is 68.8 Å². The van der Waals surface area contributed by atoms with Crippen molar-refractivity contribution >= 4 is 67.0 Å². The van der Waals surface area contributed by atoms with Crippen LogP contribution in [0, 0.1) is 27.7 Å². The van der Waals surface area contributed by atoms with Gasteiger partial charge in [-0.05, 0) is 107 Å². The molecule has 0 saturated heterocycles. The molecular weight excluding hydrogens is 464 g/mol. The summed E-state index contributed by atoms with van der Waals surface area (Å²) in [5.74, 6) is -5.08. The van der Waals surface area contributed by atoms with Crippen LogP contribution in [0.1, 0.15) is 63.7 Å². The maximum absolute atomic E-state index is 12.2. The van der Waals surface area contributed by atoms with Gasteiger partial charge in [-0.25, -0.2) is 19.2 Å². The number of carboxylic acid groups (broad SMARTS) is 4. The summed E-state index contributed by atoms with van der Waals surface area (Å²) >= 11 is 0. The lowest BCUT2D eigenvalue weighted by Gasteiger charge is -2.23. The van der Waals surface area contributed by atoms with Crippen molar-refractivity contribution in [1.82, 2.24) is 0 Å². The van der Waals surface area contributed by atoms with Crippen molar-refractivity contribution in [3.63, 3.8) is 0 Å². The molecule has 0 amide bonds. The van der Waals surface area contributed by atoms with E-state index in [4.69, 9.17) is 0 Å². The predicted octanol–water partition coefficient (Wildman–Crippen LogP) is 5.76. The summed E-state index contributed by atoms with van der Waals surface area (Å²) in [6, 6.07) is 5.67. The fraction of sp³-hybridized carbons (Fsp3) is 0.143. The van der Waals surface area contributed by atoms with Crippen molar-refractivity contribution in [3.8, 4) is 0 Å². The Hall–Kier alpha value is -4.72. The Bertz CT molecular complexity index is 1610. The van der Waals surface area contributed by atoms with E-state index in [1.807, 2.05) is 0 Å². The zero-order valence-electron chi connectivity index (χ0n) is 19.7. The third kappa shape index (κ3) is 2.81. The highest BCUT2D eigenvalue weighted by Crippen LogP contribution is 2.48. The number of carbonyl (C=O) groups is 4. The summed E-state index contributed by atoms with van der Waals surface area (Å²) in [5, 5.41) is 43.3. The zero-order valence-corrected chi connectivity index (χ0v) is 19.7. The van der Waals surface area contributed by atoms with Crippen LogP contribution in [0.4, 0.5) is 0 Å². The Balaban J connectivity index is 2.33. The minimum atomic E-state index is -1.27. The van der Waals surface area contributed by atoms with Gasteiger partial charge in [0.15, 0.2) is 0 Å². The van der Waals surface area contributed by atoms with Gasteiger partial charge in [0.05, 0.1) is 22.3 Å². The molecule has 180 valence electrons. The highest BCUT2D eigenvalue weighted by atomic mass is 16.4. The van der Waals surface area contributed by atoms with Crippen molar-refractivity contribution in [2.45, 2.75) is 27.7 Å². The molecule has 0 fully saturated rings. The molecule has 0 aromatic heterocycles. The number of fused-ring (bicyclic) bond motifs is 2. The van der Waals surface area contributed by atoms with Crippen LogP contribution < -0.4 is 0 Å². The largest absolute Gasteiger partial charge is 0.478 e. The van der Waals surface area contributed by atoms with Crippen molar-refractivity contribution < 1.29 is 39.6 Å². The molecule has 8 nitrogen and oxygen atoms in total. The Morgan fingerprint density at radius 1 is 0.389 bits per heavy atom. The summed E-state index contributed by atoms with van der Waals surface area (Å²) in [7, 11) is 0. The van der Waals surface area contributed by atoms with E-state index in [2.05, 4.69) is 0 Å². The van der Waals surface area contributed by atoms with Crippen LogP contribution in [0.15, 0.2) is 24.3 Å². The van der Waals surface area contributed by atoms with Crippen molar-refractivity contribution in [2.24, 2.45) is 0 Å². The fourth-order valence-corrected chi connectivity index (χ4v) is 5.77. The van der Waals surface area contributed by atoms with Crippen LogP contribution in [0.25, 0.3) is 43.1 Å². The standard InChI is InChI=1S/C28H20O8/c1-9-5-13(25(29)30)21-14(26(31)32)7-11(3)19-20-12(4)8-16(28(35)36)22-15(27(33)34)6-10(2)18(24(20)22)17(9)23(19)21/h5-8H,1-4H3,(H,29,30)(H,31,32)(H,33,34)(H,35,36). The zero-order chi connectivity index (χ0) is 26.4.